The highest BCUT2D eigenvalue weighted by Crippen LogP contribution is 2.35. The van der Waals surface area contributed by atoms with Gasteiger partial charge in [0.05, 0.1) is 6.54 Å². The first-order valence-electron chi connectivity index (χ1n) is 11.1. The standard InChI is InChI=1S/C23H37FN4O/c1-5-25-22(27-21-15-28(17(2)3)14-18(21)4)26-16-23(10-12-29-13-11-23)19-6-8-20(24)9-7-19/h6-9,17-18,21H,5,10-16H2,1-4H3,(H2,25,26,27). The summed E-state index contributed by atoms with van der Waals surface area (Å²) in [5.41, 5.74) is 1.06. The third-order valence-corrected chi connectivity index (χ3v) is 6.48. The smallest absolute Gasteiger partial charge is 0.191 e. The van der Waals surface area contributed by atoms with Crippen molar-refractivity contribution in [1.82, 2.24) is 15.5 Å². The van der Waals surface area contributed by atoms with E-state index in [0.717, 1.165) is 57.2 Å². The van der Waals surface area contributed by atoms with Gasteiger partial charge in [-0.3, -0.25) is 9.89 Å². The fraction of sp³-hybridized carbons (Fsp3) is 0.696. The van der Waals surface area contributed by atoms with E-state index in [2.05, 4.69) is 43.2 Å². The third kappa shape index (κ3) is 5.48. The molecule has 0 bridgehead atoms. The summed E-state index contributed by atoms with van der Waals surface area (Å²) in [4.78, 5) is 7.52. The lowest BCUT2D eigenvalue weighted by Gasteiger charge is -2.37. The Balaban J connectivity index is 1.75. The average Bonchev–Trinajstić information content (AvgIpc) is 3.08. The van der Waals surface area contributed by atoms with Crippen LogP contribution < -0.4 is 10.6 Å². The Hall–Kier alpha value is -1.66. The van der Waals surface area contributed by atoms with Crippen molar-refractivity contribution in [2.45, 2.75) is 58.0 Å². The molecular formula is C23H37FN4O. The summed E-state index contributed by atoms with van der Waals surface area (Å²) in [7, 11) is 0. The first-order chi connectivity index (χ1) is 13.9. The topological polar surface area (TPSA) is 48.9 Å². The molecule has 2 fully saturated rings. The van der Waals surface area contributed by atoms with Crippen molar-refractivity contribution in [3.05, 3.63) is 35.6 Å². The van der Waals surface area contributed by atoms with Crippen LogP contribution in [-0.4, -0.2) is 62.3 Å². The number of halogens is 1. The molecule has 1 aromatic carbocycles. The summed E-state index contributed by atoms with van der Waals surface area (Å²) in [5, 5.41) is 7.10. The van der Waals surface area contributed by atoms with Gasteiger partial charge in [0.2, 0.25) is 0 Å². The number of likely N-dealkylation sites (tertiary alicyclic amines) is 1. The van der Waals surface area contributed by atoms with Gasteiger partial charge >= 0.3 is 0 Å². The molecule has 1 aromatic rings. The number of benzene rings is 1. The Morgan fingerprint density at radius 3 is 2.52 bits per heavy atom. The maximum atomic E-state index is 13.5. The zero-order valence-corrected chi connectivity index (χ0v) is 18.4. The van der Waals surface area contributed by atoms with Gasteiger partial charge in [-0.1, -0.05) is 19.1 Å². The molecule has 2 unspecified atom stereocenters. The quantitative estimate of drug-likeness (QED) is 0.565. The predicted molar refractivity (Wildman–Crippen MR) is 117 cm³/mol. The van der Waals surface area contributed by atoms with Crippen molar-refractivity contribution in [2.24, 2.45) is 10.9 Å². The molecule has 6 heteroatoms. The minimum atomic E-state index is -0.195. The number of ether oxygens (including phenoxy) is 1. The van der Waals surface area contributed by atoms with E-state index in [1.165, 1.54) is 0 Å². The number of aliphatic imine (C=N–C) groups is 1. The lowest BCUT2D eigenvalue weighted by Crippen LogP contribution is -2.47. The van der Waals surface area contributed by atoms with Crippen LogP contribution in [0.25, 0.3) is 0 Å². The van der Waals surface area contributed by atoms with Gasteiger partial charge < -0.3 is 15.4 Å². The van der Waals surface area contributed by atoms with E-state index in [1.807, 2.05) is 12.1 Å². The van der Waals surface area contributed by atoms with Crippen LogP contribution >= 0.6 is 0 Å². The molecule has 29 heavy (non-hydrogen) atoms. The number of nitrogens with zero attached hydrogens (tertiary/aromatic N) is 2. The highest BCUT2D eigenvalue weighted by Gasteiger charge is 2.35. The van der Waals surface area contributed by atoms with E-state index in [1.54, 1.807) is 12.1 Å². The largest absolute Gasteiger partial charge is 0.381 e. The van der Waals surface area contributed by atoms with Gasteiger partial charge in [-0.15, -0.1) is 0 Å². The second-order valence-corrected chi connectivity index (χ2v) is 8.87. The van der Waals surface area contributed by atoms with Gasteiger partial charge in [-0.2, -0.15) is 0 Å². The molecule has 0 amide bonds. The van der Waals surface area contributed by atoms with Crippen molar-refractivity contribution in [1.29, 1.82) is 0 Å². The van der Waals surface area contributed by atoms with Crippen LogP contribution in [-0.2, 0) is 10.2 Å². The van der Waals surface area contributed by atoms with Gasteiger partial charge in [0.25, 0.3) is 0 Å². The SMILES string of the molecule is CCNC(=NCC1(c2ccc(F)cc2)CCOCC1)NC1CN(C(C)C)CC1C. The maximum Gasteiger partial charge on any atom is 0.191 e. The van der Waals surface area contributed by atoms with Gasteiger partial charge in [-0.25, -0.2) is 4.39 Å². The molecule has 0 spiro atoms. The molecule has 3 rings (SSSR count). The van der Waals surface area contributed by atoms with Crippen molar-refractivity contribution >= 4 is 5.96 Å². The number of nitrogens with one attached hydrogen (secondary N) is 2. The maximum absolute atomic E-state index is 13.5. The third-order valence-electron chi connectivity index (χ3n) is 6.48. The van der Waals surface area contributed by atoms with E-state index in [9.17, 15) is 4.39 Å². The molecule has 2 aliphatic heterocycles. The number of hydrogen-bond acceptors (Lipinski definition) is 3. The van der Waals surface area contributed by atoms with Crippen LogP contribution in [0, 0.1) is 11.7 Å². The fourth-order valence-electron chi connectivity index (χ4n) is 4.44. The number of rotatable bonds is 6. The van der Waals surface area contributed by atoms with Crippen molar-refractivity contribution in [3.8, 4) is 0 Å². The lowest BCUT2D eigenvalue weighted by atomic mass is 9.74. The molecule has 5 nitrogen and oxygen atoms in total. The molecule has 0 radical (unpaired) electrons. The summed E-state index contributed by atoms with van der Waals surface area (Å²) in [5.74, 6) is 1.26. The Morgan fingerprint density at radius 1 is 1.24 bits per heavy atom. The van der Waals surface area contributed by atoms with Crippen molar-refractivity contribution in [2.75, 3.05) is 39.4 Å². The minimum Gasteiger partial charge on any atom is -0.381 e. The number of guanidine groups is 1. The van der Waals surface area contributed by atoms with Crippen LogP contribution in [0.3, 0.4) is 0 Å². The Morgan fingerprint density at radius 2 is 1.93 bits per heavy atom. The van der Waals surface area contributed by atoms with Gasteiger partial charge in [0, 0.05) is 50.3 Å². The van der Waals surface area contributed by atoms with Crippen LogP contribution in [0.1, 0.15) is 46.1 Å². The summed E-state index contributed by atoms with van der Waals surface area (Å²) < 4.78 is 19.1. The van der Waals surface area contributed by atoms with E-state index in [4.69, 9.17) is 9.73 Å². The van der Waals surface area contributed by atoms with E-state index >= 15 is 0 Å². The summed E-state index contributed by atoms with van der Waals surface area (Å²) in [6.45, 7) is 14.0. The Labute approximate surface area is 175 Å². The van der Waals surface area contributed by atoms with E-state index in [0.29, 0.717) is 24.5 Å². The summed E-state index contributed by atoms with van der Waals surface area (Å²) in [6, 6.07) is 7.90. The van der Waals surface area contributed by atoms with E-state index in [-0.39, 0.29) is 11.2 Å². The fourth-order valence-corrected chi connectivity index (χ4v) is 4.44. The minimum absolute atomic E-state index is 0.0977. The Kier molecular flexibility index (Phi) is 7.52. The van der Waals surface area contributed by atoms with Gasteiger partial charge in [0.15, 0.2) is 5.96 Å². The van der Waals surface area contributed by atoms with Crippen LogP contribution in [0.5, 0.6) is 0 Å². The van der Waals surface area contributed by atoms with Crippen molar-refractivity contribution < 1.29 is 9.13 Å². The molecular weight excluding hydrogens is 367 g/mol. The van der Waals surface area contributed by atoms with Gasteiger partial charge in [-0.05, 0) is 57.2 Å². The molecule has 2 atom stereocenters. The lowest BCUT2D eigenvalue weighted by molar-refractivity contribution is 0.0530. The average molecular weight is 405 g/mol. The molecule has 2 saturated heterocycles. The van der Waals surface area contributed by atoms with Crippen LogP contribution in [0.15, 0.2) is 29.3 Å². The molecule has 162 valence electrons. The summed E-state index contributed by atoms with van der Waals surface area (Å²) >= 11 is 0. The number of hydrogen-bond donors (Lipinski definition) is 2. The molecule has 0 saturated carbocycles. The predicted octanol–water partition coefficient (Wildman–Crippen LogP) is 3.16. The van der Waals surface area contributed by atoms with Crippen LogP contribution in [0.4, 0.5) is 4.39 Å². The molecule has 2 N–H and O–H groups in total. The molecule has 2 heterocycles. The summed E-state index contributed by atoms with van der Waals surface area (Å²) in [6.07, 6.45) is 1.81. The first kappa shape index (κ1) is 22.0. The molecule has 2 aliphatic rings. The normalized spacial score (nSPS) is 25.4. The highest BCUT2D eigenvalue weighted by atomic mass is 19.1. The highest BCUT2D eigenvalue weighted by molar-refractivity contribution is 5.80. The second kappa shape index (κ2) is 9.90. The Bertz CT molecular complexity index is 670. The zero-order chi connectivity index (χ0) is 20.9. The van der Waals surface area contributed by atoms with Crippen LogP contribution in [0.2, 0.25) is 0 Å². The van der Waals surface area contributed by atoms with Gasteiger partial charge in [0.1, 0.15) is 5.82 Å². The zero-order valence-electron chi connectivity index (χ0n) is 18.4. The molecule has 0 aliphatic carbocycles. The first-order valence-corrected chi connectivity index (χ1v) is 11.1. The monoisotopic (exact) mass is 404 g/mol. The van der Waals surface area contributed by atoms with E-state index < -0.39 is 0 Å². The second-order valence-electron chi connectivity index (χ2n) is 8.87. The molecule has 0 aromatic heterocycles. The van der Waals surface area contributed by atoms with Crippen molar-refractivity contribution in [3.63, 3.8) is 0 Å².